The van der Waals surface area contributed by atoms with Crippen LogP contribution in [0, 0.1) is 6.92 Å². The van der Waals surface area contributed by atoms with Crippen LogP contribution in [0.2, 0.25) is 0 Å². The second kappa shape index (κ2) is 12.2. The van der Waals surface area contributed by atoms with E-state index in [-0.39, 0.29) is 18.4 Å². The smallest absolute Gasteiger partial charge is 0.261 e. The molecule has 0 aliphatic carbocycles. The molecule has 3 aromatic rings. The number of carbonyl (C=O) groups excluding carboxylic acids is 2. The highest BCUT2D eigenvalue weighted by Crippen LogP contribution is 2.19. The van der Waals surface area contributed by atoms with Gasteiger partial charge in [0, 0.05) is 24.0 Å². The summed E-state index contributed by atoms with van der Waals surface area (Å²) in [5.74, 6) is 0.191. The number of carbonyl (C=O) groups is 2. The number of ether oxygens (including phenoxy) is 1. The number of halogens is 1. The van der Waals surface area contributed by atoms with Gasteiger partial charge < -0.3 is 15.0 Å². The molecular formula is C27H29BrN2O3. The van der Waals surface area contributed by atoms with Crippen molar-refractivity contribution in [2.45, 2.75) is 32.9 Å². The molecule has 6 heteroatoms. The van der Waals surface area contributed by atoms with E-state index in [1.54, 1.807) is 4.90 Å². The van der Waals surface area contributed by atoms with Gasteiger partial charge in [0.2, 0.25) is 5.91 Å². The van der Waals surface area contributed by atoms with Crippen LogP contribution in [0.4, 0.5) is 0 Å². The maximum atomic E-state index is 13.4. The maximum Gasteiger partial charge on any atom is 0.261 e. The molecule has 0 saturated carbocycles. The molecule has 0 fully saturated rings. The van der Waals surface area contributed by atoms with Gasteiger partial charge in [0.1, 0.15) is 11.8 Å². The third-order valence-corrected chi connectivity index (χ3v) is 5.74. The van der Waals surface area contributed by atoms with Crippen molar-refractivity contribution in [3.05, 3.63) is 100 Å². The molecule has 33 heavy (non-hydrogen) atoms. The summed E-state index contributed by atoms with van der Waals surface area (Å²) in [7, 11) is 0. The van der Waals surface area contributed by atoms with E-state index in [1.165, 1.54) is 0 Å². The van der Waals surface area contributed by atoms with Gasteiger partial charge in [0.05, 0.1) is 0 Å². The summed E-state index contributed by atoms with van der Waals surface area (Å²) < 4.78 is 6.69. The third kappa shape index (κ3) is 7.46. The van der Waals surface area contributed by atoms with E-state index in [9.17, 15) is 9.59 Å². The highest BCUT2D eigenvalue weighted by Gasteiger charge is 2.30. The molecule has 0 aromatic heterocycles. The van der Waals surface area contributed by atoms with Gasteiger partial charge in [-0.25, -0.2) is 0 Å². The second-order valence-electron chi connectivity index (χ2n) is 7.85. The maximum absolute atomic E-state index is 13.4. The first-order chi connectivity index (χ1) is 16.0. The van der Waals surface area contributed by atoms with E-state index in [4.69, 9.17) is 4.74 Å². The average molecular weight is 509 g/mol. The van der Waals surface area contributed by atoms with Crippen LogP contribution in [0.25, 0.3) is 0 Å². The Kier molecular flexibility index (Phi) is 9.07. The van der Waals surface area contributed by atoms with Crippen LogP contribution in [0.1, 0.15) is 23.6 Å². The molecule has 0 unspecified atom stereocenters. The van der Waals surface area contributed by atoms with Crippen molar-refractivity contribution in [3.8, 4) is 5.75 Å². The molecule has 0 radical (unpaired) electrons. The molecule has 172 valence electrons. The largest absolute Gasteiger partial charge is 0.484 e. The predicted molar refractivity (Wildman–Crippen MR) is 134 cm³/mol. The lowest BCUT2D eigenvalue weighted by atomic mass is 10.0. The van der Waals surface area contributed by atoms with Crippen LogP contribution in [-0.2, 0) is 22.6 Å². The Labute approximate surface area is 203 Å². The Balaban J connectivity index is 1.88. The number of amides is 2. The second-order valence-corrected chi connectivity index (χ2v) is 8.77. The zero-order valence-electron chi connectivity index (χ0n) is 19.0. The SMILES string of the molecule is CCNC(=O)[C@@H](Cc1ccccc1)N(Cc1cccc(Br)c1)C(=O)COc1ccc(C)cc1. The Hall–Kier alpha value is -3.12. The lowest BCUT2D eigenvalue weighted by Gasteiger charge is -2.31. The van der Waals surface area contributed by atoms with Gasteiger partial charge in [-0.1, -0.05) is 76.1 Å². The summed E-state index contributed by atoms with van der Waals surface area (Å²) in [6.07, 6.45) is 0.414. The van der Waals surface area contributed by atoms with E-state index < -0.39 is 6.04 Å². The van der Waals surface area contributed by atoms with Crippen molar-refractivity contribution in [1.82, 2.24) is 10.2 Å². The summed E-state index contributed by atoms with van der Waals surface area (Å²) in [5.41, 5.74) is 3.03. The van der Waals surface area contributed by atoms with Crippen LogP contribution >= 0.6 is 15.9 Å². The molecule has 1 atom stereocenters. The molecule has 0 spiro atoms. The molecule has 5 nitrogen and oxygen atoms in total. The van der Waals surface area contributed by atoms with Gasteiger partial charge in [-0.05, 0) is 49.2 Å². The fourth-order valence-corrected chi connectivity index (χ4v) is 3.99. The molecule has 0 bridgehead atoms. The fraction of sp³-hybridized carbons (Fsp3) is 0.259. The van der Waals surface area contributed by atoms with Crippen LogP contribution in [0.15, 0.2) is 83.3 Å². The number of nitrogens with zero attached hydrogens (tertiary/aromatic N) is 1. The first-order valence-electron chi connectivity index (χ1n) is 11.0. The van der Waals surface area contributed by atoms with Crippen molar-refractivity contribution >= 4 is 27.7 Å². The summed E-state index contributed by atoms with van der Waals surface area (Å²) in [4.78, 5) is 28.1. The van der Waals surface area contributed by atoms with E-state index in [0.29, 0.717) is 25.3 Å². The number of nitrogens with one attached hydrogen (secondary N) is 1. The zero-order chi connectivity index (χ0) is 23.6. The number of likely N-dealkylation sites (N-methyl/N-ethyl adjacent to an activating group) is 1. The Morgan fingerprint density at radius 2 is 1.67 bits per heavy atom. The number of aryl methyl sites for hydroxylation is 1. The van der Waals surface area contributed by atoms with Gasteiger partial charge in [-0.2, -0.15) is 0 Å². The molecule has 0 saturated heterocycles. The van der Waals surface area contributed by atoms with E-state index in [2.05, 4.69) is 21.2 Å². The van der Waals surface area contributed by atoms with Crippen LogP contribution in [0.3, 0.4) is 0 Å². The number of hydrogen-bond acceptors (Lipinski definition) is 3. The monoisotopic (exact) mass is 508 g/mol. The van der Waals surface area contributed by atoms with Crippen LogP contribution in [0.5, 0.6) is 5.75 Å². The van der Waals surface area contributed by atoms with Gasteiger partial charge in [-0.3, -0.25) is 9.59 Å². The Bertz CT molecular complexity index is 1050. The van der Waals surface area contributed by atoms with Gasteiger partial charge >= 0.3 is 0 Å². The highest BCUT2D eigenvalue weighted by atomic mass is 79.9. The molecule has 3 aromatic carbocycles. The minimum Gasteiger partial charge on any atom is -0.484 e. The van der Waals surface area contributed by atoms with Gasteiger partial charge in [0.25, 0.3) is 5.91 Å². The van der Waals surface area contributed by atoms with Crippen molar-refractivity contribution < 1.29 is 14.3 Å². The lowest BCUT2D eigenvalue weighted by Crippen LogP contribution is -2.51. The van der Waals surface area contributed by atoms with Crippen LogP contribution < -0.4 is 10.1 Å². The summed E-state index contributed by atoms with van der Waals surface area (Å²) >= 11 is 3.49. The Morgan fingerprint density at radius 1 is 0.970 bits per heavy atom. The van der Waals surface area contributed by atoms with E-state index in [0.717, 1.165) is 21.2 Å². The van der Waals surface area contributed by atoms with E-state index in [1.807, 2.05) is 92.7 Å². The standard InChI is InChI=1S/C27H29BrN2O3/c1-3-29-27(32)25(17-21-8-5-4-6-9-21)30(18-22-10-7-11-23(28)16-22)26(31)19-33-24-14-12-20(2)13-15-24/h4-16,25H,3,17-19H2,1-2H3,(H,29,32)/t25-/m1/s1. The quantitative estimate of drug-likeness (QED) is 0.423. The fourth-order valence-electron chi connectivity index (χ4n) is 3.54. The van der Waals surface area contributed by atoms with Gasteiger partial charge in [-0.15, -0.1) is 0 Å². The van der Waals surface area contributed by atoms with Crippen molar-refractivity contribution in [2.24, 2.45) is 0 Å². The minimum absolute atomic E-state index is 0.151. The summed E-state index contributed by atoms with van der Waals surface area (Å²) in [5, 5.41) is 2.90. The molecule has 0 aliphatic rings. The molecular weight excluding hydrogens is 480 g/mol. The summed E-state index contributed by atoms with van der Waals surface area (Å²) in [6.45, 7) is 4.50. The number of rotatable bonds is 10. The highest BCUT2D eigenvalue weighted by molar-refractivity contribution is 9.10. The van der Waals surface area contributed by atoms with Crippen molar-refractivity contribution in [3.63, 3.8) is 0 Å². The normalized spacial score (nSPS) is 11.5. The molecule has 1 N–H and O–H groups in total. The molecule has 0 heterocycles. The van der Waals surface area contributed by atoms with Crippen molar-refractivity contribution in [2.75, 3.05) is 13.2 Å². The third-order valence-electron chi connectivity index (χ3n) is 5.25. The van der Waals surface area contributed by atoms with Gasteiger partial charge in [0.15, 0.2) is 6.61 Å². The first-order valence-corrected chi connectivity index (χ1v) is 11.8. The van der Waals surface area contributed by atoms with E-state index >= 15 is 0 Å². The summed E-state index contributed by atoms with van der Waals surface area (Å²) in [6, 6.07) is 24.4. The minimum atomic E-state index is -0.666. The number of benzene rings is 3. The molecule has 0 aliphatic heterocycles. The molecule has 2 amide bonds. The van der Waals surface area contributed by atoms with Crippen molar-refractivity contribution in [1.29, 1.82) is 0 Å². The van der Waals surface area contributed by atoms with Crippen LogP contribution in [-0.4, -0.2) is 35.9 Å². The number of hydrogen-bond donors (Lipinski definition) is 1. The average Bonchev–Trinajstić information content (AvgIpc) is 2.81. The zero-order valence-corrected chi connectivity index (χ0v) is 20.5. The first kappa shape index (κ1) is 24.5. The molecule has 3 rings (SSSR count). The topological polar surface area (TPSA) is 58.6 Å². The Morgan fingerprint density at radius 3 is 2.33 bits per heavy atom. The predicted octanol–water partition coefficient (Wildman–Crippen LogP) is 4.91. The lowest BCUT2D eigenvalue weighted by molar-refractivity contribution is -0.142.